The third-order valence-electron chi connectivity index (χ3n) is 7.35. The van der Waals surface area contributed by atoms with Crippen LogP contribution < -0.4 is 10.6 Å². The molecule has 0 radical (unpaired) electrons. The monoisotopic (exact) mass is 620 g/mol. The van der Waals surface area contributed by atoms with Gasteiger partial charge in [-0.05, 0) is 41.8 Å². The summed E-state index contributed by atoms with van der Waals surface area (Å²) in [5, 5.41) is 24.0. The molecule has 3 atom stereocenters. The van der Waals surface area contributed by atoms with Crippen LogP contribution in [0.25, 0.3) is 6.08 Å². The van der Waals surface area contributed by atoms with Crippen molar-refractivity contribution in [3.8, 4) is 5.75 Å². The predicted molar refractivity (Wildman–Crippen MR) is 156 cm³/mol. The molecule has 1 unspecified atom stereocenters. The second-order valence-corrected chi connectivity index (χ2v) is 11.1. The lowest BCUT2D eigenvalue weighted by Gasteiger charge is -2.49. The maximum atomic E-state index is 13.6. The first-order valence-electron chi connectivity index (χ1n) is 13.6. The summed E-state index contributed by atoms with van der Waals surface area (Å²) in [7, 11) is 0. The minimum atomic E-state index is -1.42. The van der Waals surface area contributed by atoms with E-state index in [1.807, 2.05) is 0 Å². The number of phenols is 1. The van der Waals surface area contributed by atoms with Crippen LogP contribution in [0, 0.1) is 0 Å². The molecule has 228 valence electrons. The second kappa shape index (κ2) is 12.6. The first-order valence-corrected chi connectivity index (χ1v) is 14.6. The van der Waals surface area contributed by atoms with E-state index in [4.69, 9.17) is 0 Å². The minimum Gasteiger partial charge on any atom is -0.508 e. The number of carbonyl (C=O) groups excluding carboxylic acids is 5. The van der Waals surface area contributed by atoms with Crippen LogP contribution in [0.2, 0.25) is 0 Å². The van der Waals surface area contributed by atoms with E-state index in [-0.39, 0.29) is 35.9 Å². The lowest BCUT2D eigenvalue weighted by Crippen LogP contribution is -2.71. The number of allylic oxidation sites excluding steroid dienone is 1. The summed E-state index contributed by atoms with van der Waals surface area (Å²) in [5.41, 5.74) is 1.20. The molecule has 2 fully saturated rings. The number of carboxylic acid groups (broad SMARTS) is 1. The average Bonchev–Trinajstić information content (AvgIpc) is 3.02. The van der Waals surface area contributed by atoms with Gasteiger partial charge in [-0.3, -0.25) is 34.0 Å². The van der Waals surface area contributed by atoms with Crippen LogP contribution in [0.4, 0.5) is 4.79 Å². The van der Waals surface area contributed by atoms with Crippen molar-refractivity contribution < 1.29 is 39.0 Å². The third kappa shape index (κ3) is 5.86. The predicted octanol–water partition coefficient (Wildman–Crippen LogP) is 0.681. The van der Waals surface area contributed by atoms with Crippen molar-refractivity contribution in [2.75, 3.05) is 25.4 Å². The fourth-order valence-corrected chi connectivity index (χ4v) is 6.34. The van der Waals surface area contributed by atoms with E-state index in [0.717, 1.165) is 10.5 Å². The molecule has 15 heteroatoms. The van der Waals surface area contributed by atoms with Gasteiger partial charge in [-0.1, -0.05) is 30.4 Å². The molecule has 0 bridgehead atoms. The number of aromatic hydroxyl groups is 1. The number of hydrogen-bond acceptors (Lipinski definition) is 9. The molecule has 4 heterocycles. The molecule has 2 aromatic rings. The number of rotatable bonds is 8. The molecule has 3 aliphatic rings. The molecule has 6 amide bonds. The van der Waals surface area contributed by atoms with Gasteiger partial charge in [0, 0.05) is 37.8 Å². The number of benzene rings is 1. The molecule has 1 aromatic heterocycles. The summed E-state index contributed by atoms with van der Waals surface area (Å²) in [4.78, 5) is 84.2. The van der Waals surface area contributed by atoms with Gasteiger partial charge in [0.15, 0.2) is 0 Å². The summed E-state index contributed by atoms with van der Waals surface area (Å²) in [6, 6.07) is 5.41. The van der Waals surface area contributed by atoms with Crippen molar-refractivity contribution in [1.82, 2.24) is 30.3 Å². The number of urea groups is 1. The summed E-state index contributed by atoms with van der Waals surface area (Å²) in [6.45, 7) is 2.06. The Bertz CT molecular complexity index is 1580. The number of carbonyl (C=O) groups is 6. The van der Waals surface area contributed by atoms with Crippen molar-refractivity contribution in [3.63, 3.8) is 0 Å². The van der Waals surface area contributed by atoms with E-state index >= 15 is 0 Å². The van der Waals surface area contributed by atoms with Gasteiger partial charge in [-0.2, -0.15) is 0 Å². The first kappa shape index (κ1) is 30.3. The van der Waals surface area contributed by atoms with Crippen molar-refractivity contribution in [3.05, 3.63) is 77.3 Å². The normalized spacial score (nSPS) is 20.8. The van der Waals surface area contributed by atoms with Gasteiger partial charge < -0.3 is 25.7 Å². The Morgan fingerprint density at radius 1 is 1.09 bits per heavy atom. The van der Waals surface area contributed by atoms with Crippen LogP contribution in [-0.4, -0.2) is 102 Å². The number of thioether (sulfide) groups is 1. The largest absolute Gasteiger partial charge is 0.508 e. The molecule has 1 aromatic carbocycles. The smallest absolute Gasteiger partial charge is 0.352 e. The van der Waals surface area contributed by atoms with Gasteiger partial charge in [0.1, 0.15) is 28.9 Å². The van der Waals surface area contributed by atoms with Crippen LogP contribution in [0.1, 0.15) is 24.1 Å². The molecular weight excluding hydrogens is 592 g/mol. The highest BCUT2D eigenvalue weighted by atomic mass is 32.2. The Morgan fingerprint density at radius 3 is 2.50 bits per heavy atom. The highest BCUT2D eigenvalue weighted by Crippen LogP contribution is 2.41. The quantitative estimate of drug-likeness (QED) is 0.241. The molecule has 14 nitrogen and oxygen atoms in total. The SMILES string of the molecule is CCN1CCN(C(=O)N[C@@H](C(=O)NC2C(=O)N3C(C(=O)O)=C(C=Cc4cccnc4)CS[C@H]23)c2ccc(O)cc2)C(=O)C1=O. The fourth-order valence-electron chi connectivity index (χ4n) is 5.02. The number of pyridine rings is 1. The maximum Gasteiger partial charge on any atom is 0.352 e. The molecule has 0 spiro atoms. The lowest BCUT2D eigenvalue weighted by atomic mass is 10.0. The molecule has 0 aliphatic carbocycles. The van der Waals surface area contributed by atoms with Gasteiger partial charge >= 0.3 is 23.8 Å². The number of hydrogen-bond donors (Lipinski definition) is 4. The number of fused-ring (bicyclic) bond motifs is 1. The molecule has 0 saturated carbocycles. The highest BCUT2D eigenvalue weighted by molar-refractivity contribution is 8.00. The Balaban J connectivity index is 1.33. The van der Waals surface area contributed by atoms with E-state index in [0.29, 0.717) is 17.0 Å². The van der Waals surface area contributed by atoms with E-state index in [1.165, 1.54) is 40.9 Å². The standard InChI is InChI=1S/C29H28N6O8S/c1-2-33-12-13-34(26(40)25(33)39)29(43)32-20(17-7-9-19(36)10-8-17)23(37)31-21-24(38)35-22(28(41)42)18(15-44-27(21)35)6-5-16-4-3-11-30-14-16/h3-11,14,20-21,27,36H,2,12-13,15H2,1H3,(H,31,37)(H,32,43)(H,41,42)/t20-,21?,27-/m1/s1. The van der Waals surface area contributed by atoms with Gasteiger partial charge in [0.05, 0.1) is 0 Å². The van der Waals surface area contributed by atoms with E-state index < -0.39 is 53.1 Å². The number of carboxylic acids is 1. The van der Waals surface area contributed by atoms with Crippen molar-refractivity contribution in [2.24, 2.45) is 0 Å². The number of phenolic OH excluding ortho intramolecular Hbond substituents is 1. The number of amides is 6. The van der Waals surface area contributed by atoms with Crippen LogP contribution in [-0.2, 0) is 24.0 Å². The van der Waals surface area contributed by atoms with Gasteiger partial charge in [-0.15, -0.1) is 11.8 Å². The minimum absolute atomic E-state index is 0.0786. The number of piperazine rings is 1. The topological polar surface area (TPSA) is 190 Å². The zero-order valence-electron chi connectivity index (χ0n) is 23.4. The number of likely N-dealkylation sites (N-methyl/N-ethyl adjacent to an activating group) is 1. The second-order valence-electron chi connectivity index (χ2n) is 10.0. The average molecular weight is 621 g/mol. The van der Waals surface area contributed by atoms with Crippen molar-refractivity contribution >= 4 is 53.5 Å². The van der Waals surface area contributed by atoms with Gasteiger partial charge in [0.2, 0.25) is 5.91 Å². The number of β-lactam (4-membered cyclic amide) rings is 1. The van der Waals surface area contributed by atoms with Crippen LogP contribution in [0.5, 0.6) is 5.75 Å². The summed E-state index contributed by atoms with van der Waals surface area (Å²) in [5.74, 6) is -4.48. The number of imide groups is 1. The Kier molecular flexibility index (Phi) is 8.66. The van der Waals surface area contributed by atoms with Gasteiger partial charge in [-0.25, -0.2) is 9.59 Å². The summed E-state index contributed by atoms with van der Waals surface area (Å²) < 4.78 is 0. The van der Waals surface area contributed by atoms with E-state index in [1.54, 1.807) is 43.6 Å². The third-order valence-corrected chi connectivity index (χ3v) is 8.65. The number of nitrogens with one attached hydrogen (secondary N) is 2. The number of aliphatic carboxylic acids is 1. The van der Waals surface area contributed by atoms with Crippen LogP contribution in [0.15, 0.2) is 66.1 Å². The van der Waals surface area contributed by atoms with Crippen LogP contribution >= 0.6 is 11.8 Å². The summed E-state index contributed by atoms with van der Waals surface area (Å²) in [6.07, 6.45) is 6.53. The maximum absolute atomic E-state index is 13.6. The van der Waals surface area contributed by atoms with Crippen molar-refractivity contribution in [1.29, 1.82) is 0 Å². The number of nitrogens with zero attached hydrogens (tertiary/aromatic N) is 4. The molecule has 3 aliphatic heterocycles. The lowest BCUT2D eigenvalue weighted by molar-refractivity contribution is -0.153. The zero-order valence-corrected chi connectivity index (χ0v) is 24.2. The molecule has 4 N–H and O–H groups in total. The van der Waals surface area contributed by atoms with Crippen LogP contribution in [0.3, 0.4) is 0 Å². The fraction of sp³-hybridized carbons (Fsp3) is 0.276. The molecule has 5 rings (SSSR count). The van der Waals surface area contributed by atoms with Gasteiger partial charge in [0.25, 0.3) is 5.91 Å². The Hall–Kier alpha value is -5.18. The zero-order chi connectivity index (χ0) is 31.5. The Morgan fingerprint density at radius 2 is 1.84 bits per heavy atom. The highest BCUT2D eigenvalue weighted by Gasteiger charge is 2.54. The van der Waals surface area contributed by atoms with Crippen molar-refractivity contribution in [2.45, 2.75) is 24.4 Å². The van der Waals surface area contributed by atoms with E-state index in [9.17, 15) is 39.0 Å². The molecular formula is C29H28N6O8S. The number of aromatic nitrogens is 1. The molecule has 2 saturated heterocycles. The summed E-state index contributed by atoms with van der Waals surface area (Å²) >= 11 is 1.27. The molecule has 44 heavy (non-hydrogen) atoms. The van der Waals surface area contributed by atoms with E-state index in [2.05, 4.69) is 15.6 Å². The first-order chi connectivity index (χ1) is 21.1. The Labute approximate surface area is 255 Å².